The van der Waals surface area contributed by atoms with Gasteiger partial charge in [0.1, 0.15) is 11.2 Å². The summed E-state index contributed by atoms with van der Waals surface area (Å²) in [5.41, 5.74) is 0.390. The van der Waals surface area contributed by atoms with Crippen molar-refractivity contribution >= 4 is 0 Å². The molecule has 1 aromatic carbocycles. The molecule has 0 saturated carbocycles. The van der Waals surface area contributed by atoms with Crippen molar-refractivity contribution < 1.29 is 9.13 Å². The van der Waals surface area contributed by atoms with Crippen molar-refractivity contribution in [2.45, 2.75) is 6.04 Å². The van der Waals surface area contributed by atoms with Crippen LogP contribution in [0.4, 0.5) is 4.39 Å². The highest BCUT2D eigenvalue weighted by Crippen LogP contribution is 2.39. The third kappa shape index (κ3) is 1.69. The Morgan fingerprint density at radius 2 is 2.06 bits per heavy atom. The molecule has 4 heteroatoms. The smallest absolute Gasteiger partial charge is 0.123 e. The van der Waals surface area contributed by atoms with Gasteiger partial charge in [-0.2, -0.15) is 5.26 Å². The van der Waals surface area contributed by atoms with E-state index in [1.54, 1.807) is 19.2 Å². The molecular weight excluding hydrogens is 207 g/mol. The zero-order chi connectivity index (χ0) is 11.6. The van der Waals surface area contributed by atoms with Crippen LogP contribution in [0, 0.1) is 22.6 Å². The molecule has 0 aliphatic carbocycles. The number of hydrogen-bond donors (Lipinski definition) is 1. The number of halogens is 1. The van der Waals surface area contributed by atoms with Crippen molar-refractivity contribution in [2.75, 3.05) is 20.3 Å². The predicted octanol–water partition coefficient (Wildman–Crippen LogP) is 1.63. The molecule has 1 unspecified atom stereocenters. The summed E-state index contributed by atoms with van der Waals surface area (Å²) in [5, 5.41) is 12.3. The fourth-order valence-electron chi connectivity index (χ4n) is 2.03. The molecule has 16 heavy (non-hydrogen) atoms. The fraction of sp³-hybridized carbons (Fsp3) is 0.417. The molecule has 2 rings (SSSR count). The number of nitrogens with zero attached hydrogens (tertiary/aromatic N) is 1. The first kappa shape index (κ1) is 11.1. The molecule has 0 aromatic heterocycles. The number of benzene rings is 1. The number of nitriles is 1. The maximum absolute atomic E-state index is 12.8. The number of rotatable bonds is 3. The van der Waals surface area contributed by atoms with E-state index in [2.05, 4.69) is 11.4 Å². The summed E-state index contributed by atoms with van der Waals surface area (Å²) >= 11 is 0. The molecule has 1 N–H and O–H groups in total. The molecule has 3 nitrogen and oxygen atoms in total. The average molecular weight is 220 g/mol. The summed E-state index contributed by atoms with van der Waals surface area (Å²) in [6.45, 7) is 0.846. The first-order chi connectivity index (χ1) is 7.72. The largest absolute Gasteiger partial charge is 0.378 e. The van der Waals surface area contributed by atoms with Crippen molar-refractivity contribution in [3.8, 4) is 6.07 Å². The van der Waals surface area contributed by atoms with Gasteiger partial charge in [-0.15, -0.1) is 0 Å². The summed E-state index contributed by atoms with van der Waals surface area (Å²) in [5.74, 6) is -0.269. The molecule has 0 amide bonds. The van der Waals surface area contributed by atoms with E-state index >= 15 is 0 Å². The minimum atomic E-state index is -0.521. The summed E-state index contributed by atoms with van der Waals surface area (Å²) in [4.78, 5) is 0. The van der Waals surface area contributed by atoms with E-state index < -0.39 is 5.41 Å². The van der Waals surface area contributed by atoms with E-state index in [0.29, 0.717) is 13.2 Å². The van der Waals surface area contributed by atoms with Gasteiger partial charge in [-0.1, -0.05) is 12.1 Å². The van der Waals surface area contributed by atoms with E-state index in [1.165, 1.54) is 12.1 Å². The average Bonchev–Trinajstić information content (AvgIpc) is 2.25. The van der Waals surface area contributed by atoms with Crippen LogP contribution in [0.15, 0.2) is 24.3 Å². The molecule has 0 spiro atoms. The van der Waals surface area contributed by atoms with Gasteiger partial charge in [0.05, 0.1) is 25.3 Å². The standard InChI is InChI=1S/C12H13FN2O/c1-15-11(12(6-14)7-16-8-12)9-2-4-10(13)5-3-9/h2-5,11,15H,7-8H2,1H3. The molecule has 1 heterocycles. The summed E-state index contributed by atoms with van der Waals surface area (Å²) in [7, 11) is 1.80. The Morgan fingerprint density at radius 1 is 1.44 bits per heavy atom. The van der Waals surface area contributed by atoms with Gasteiger partial charge in [0.15, 0.2) is 0 Å². The maximum atomic E-state index is 12.8. The lowest BCUT2D eigenvalue weighted by Gasteiger charge is -2.41. The molecular formula is C12H13FN2O. The first-order valence-electron chi connectivity index (χ1n) is 5.13. The predicted molar refractivity (Wildman–Crippen MR) is 57.1 cm³/mol. The monoisotopic (exact) mass is 220 g/mol. The summed E-state index contributed by atoms with van der Waals surface area (Å²) in [6, 6.07) is 8.40. The van der Waals surface area contributed by atoms with Crippen LogP contribution in [-0.4, -0.2) is 20.3 Å². The van der Waals surface area contributed by atoms with Gasteiger partial charge in [-0.05, 0) is 24.7 Å². The third-order valence-electron chi connectivity index (χ3n) is 2.99. The van der Waals surface area contributed by atoms with Gasteiger partial charge in [0, 0.05) is 0 Å². The van der Waals surface area contributed by atoms with Crippen molar-refractivity contribution in [1.82, 2.24) is 5.32 Å². The Kier molecular flexibility index (Phi) is 2.90. The Bertz CT molecular complexity index is 406. The highest BCUT2D eigenvalue weighted by molar-refractivity contribution is 5.26. The zero-order valence-corrected chi connectivity index (χ0v) is 9.03. The normalized spacial score (nSPS) is 19.6. The topological polar surface area (TPSA) is 45.0 Å². The Morgan fingerprint density at radius 3 is 2.44 bits per heavy atom. The van der Waals surface area contributed by atoms with Crippen LogP contribution >= 0.6 is 0 Å². The summed E-state index contributed by atoms with van der Waals surface area (Å²) in [6.07, 6.45) is 0. The van der Waals surface area contributed by atoms with Crippen molar-refractivity contribution in [3.63, 3.8) is 0 Å². The molecule has 1 atom stereocenters. The first-order valence-corrected chi connectivity index (χ1v) is 5.13. The molecule has 1 aliphatic heterocycles. The molecule has 84 valence electrons. The van der Waals surface area contributed by atoms with E-state index in [0.717, 1.165) is 5.56 Å². The second-order valence-electron chi connectivity index (χ2n) is 4.03. The lowest BCUT2D eigenvalue weighted by atomic mass is 9.76. The Balaban J connectivity index is 2.29. The minimum absolute atomic E-state index is 0.119. The fourth-order valence-corrected chi connectivity index (χ4v) is 2.03. The van der Waals surface area contributed by atoms with Gasteiger partial charge in [-0.3, -0.25) is 0 Å². The van der Waals surface area contributed by atoms with E-state index in [-0.39, 0.29) is 11.9 Å². The van der Waals surface area contributed by atoms with Crippen molar-refractivity contribution in [1.29, 1.82) is 5.26 Å². The third-order valence-corrected chi connectivity index (χ3v) is 2.99. The van der Waals surface area contributed by atoms with Crippen LogP contribution in [0.25, 0.3) is 0 Å². The second kappa shape index (κ2) is 4.20. The highest BCUT2D eigenvalue weighted by atomic mass is 19.1. The van der Waals surface area contributed by atoms with Crippen LogP contribution in [0.5, 0.6) is 0 Å². The van der Waals surface area contributed by atoms with Crippen LogP contribution in [-0.2, 0) is 4.74 Å². The second-order valence-corrected chi connectivity index (χ2v) is 4.03. The van der Waals surface area contributed by atoms with Crippen LogP contribution in [0.2, 0.25) is 0 Å². The lowest BCUT2D eigenvalue weighted by Crippen LogP contribution is -2.50. The molecule has 1 aliphatic rings. The maximum Gasteiger partial charge on any atom is 0.123 e. The van der Waals surface area contributed by atoms with Crippen LogP contribution < -0.4 is 5.32 Å². The Hall–Kier alpha value is -1.44. The van der Waals surface area contributed by atoms with Gasteiger partial charge in [0.2, 0.25) is 0 Å². The number of nitrogens with one attached hydrogen (secondary N) is 1. The summed E-state index contributed by atoms with van der Waals surface area (Å²) < 4.78 is 17.9. The quantitative estimate of drug-likeness (QED) is 0.842. The highest BCUT2D eigenvalue weighted by Gasteiger charge is 2.46. The van der Waals surface area contributed by atoms with Gasteiger partial charge in [-0.25, -0.2) is 4.39 Å². The minimum Gasteiger partial charge on any atom is -0.378 e. The number of ether oxygens (including phenoxy) is 1. The Labute approximate surface area is 93.8 Å². The molecule has 1 saturated heterocycles. The molecule has 0 radical (unpaired) electrons. The number of hydrogen-bond acceptors (Lipinski definition) is 3. The molecule has 1 fully saturated rings. The van der Waals surface area contributed by atoms with Crippen LogP contribution in [0.3, 0.4) is 0 Å². The zero-order valence-electron chi connectivity index (χ0n) is 9.03. The van der Waals surface area contributed by atoms with Gasteiger partial charge < -0.3 is 10.1 Å². The van der Waals surface area contributed by atoms with Gasteiger partial charge in [0.25, 0.3) is 0 Å². The van der Waals surface area contributed by atoms with Gasteiger partial charge >= 0.3 is 0 Å². The lowest BCUT2D eigenvalue weighted by molar-refractivity contribution is -0.0963. The van der Waals surface area contributed by atoms with Crippen LogP contribution in [0.1, 0.15) is 11.6 Å². The molecule has 1 aromatic rings. The van der Waals surface area contributed by atoms with Crippen molar-refractivity contribution in [3.05, 3.63) is 35.6 Å². The SMILES string of the molecule is CNC(c1ccc(F)cc1)C1(C#N)COC1. The van der Waals surface area contributed by atoms with E-state index in [1.807, 2.05) is 0 Å². The van der Waals surface area contributed by atoms with Crippen molar-refractivity contribution in [2.24, 2.45) is 5.41 Å². The molecule has 0 bridgehead atoms. The van der Waals surface area contributed by atoms with E-state index in [9.17, 15) is 9.65 Å². The van der Waals surface area contributed by atoms with E-state index in [4.69, 9.17) is 4.74 Å².